The molecule has 0 bridgehead atoms. The van der Waals surface area contributed by atoms with Crippen molar-refractivity contribution in [2.45, 2.75) is 39.0 Å². The van der Waals surface area contributed by atoms with Crippen molar-refractivity contribution in [3.8, 4) is 0 Å². The lowest BCUT2D eigenvalue weighted by Gasteiger charge is -2.21. The fourth-order valence-electron chi connectivity index (χ4n) is 2.23. The Labute approximate surface area is 102 Å². The first-order chi connectivity index (χ1) is 8.11. The summed E-state index contributed by atoms with van der Waals surface area (Å²) in [6.45, 7) is 1.73. The quantitative estimate of drug-likeness (QED) is 0.352. The van der Waals surface area contributed by atoms with Crippen LogP contribution in [0.15, 0.2) is 11.3 Å². The minimum atomic E-state index is -0.535. The van der Waals surface area contributed by atoms with Crippen LogP contribution in [-0.2, 0) is 14.3 Å². The number of Topliss-reactive ketones (excluding diaryl/α,β-unsaturated/α-hetero) is 1. The highest BCUT2D eigenvalue weighted by atomic mass is 16.5. The predicted octanol–water partition coefficient (Wildman–Crippen LogP) is 1.80. The number of nitrogens with one attached hydrogen (secondary N) is 1. The van der Waals surface area contributed by atoms with E-state index in [-0.39, 0.29) is 17.3 Å². The van der Waals surface area contributed by atoms with Crippen LogP contribution in [0.2, 0.25) is 0 Å². The zero-order valence-electron chi connectivity index (χ0n) is 10.8. The minimum Gasteiger partial charge on any atom is -0.465 e. The normalized spacial score (nSPS) is 18.3. The first kappa shape index (κ1) is 13.7. The van der Waals surface area contributed by atoms with Gasteiger partial charge in [-0.1, -0.05) is 19.3 Å². The molecule has 0 spiro atoms. The number of allylic oxidation sites excluding steroid dienone is 1. The summed E-state index contributed by atoms with van der Waals surface area (Å²) in [5.74, 6) is -0.614. The van der Waals surface area contributed by atoms with E-state index in [1.807, 2.05) is 0 Å². The standard InChI is InChI=1S/C13H21NO3/c1-9(14-2)11(13(16)17-3)12(15)10-7-5-4-6-8-10/h10,14H,4-8H2,1-3H3/b11-9+. The van der Waals surface area contributed by atoms with Gasteiger partial charge in [0.25, 0.3) is 0 Å². The van der Waals surface area contributed by atoms with E-state index in [0.717, 1.165) is 25.7 Å². The summed E-state index contributed by atoms with van der Waals surface area (Å²) in [5, 5.41) is 2.86. The van der Waals surface area contributed by atoms with Gasteiger partial charge in [-0.2, -0.15) is 0 Å². The van der Waals surface area contributed by atoms with Gasteiger partial charge < -0.3 is 10.1 Å². The molecule has 0 atom stereocenters. The van der Waals surface area contributed by atoms with Gasteiger partial charge in [0.1, 0.15) is 5.57 Å². The summed E-state index contributed by atoms with van der Waals surface area (Å²) in [4.78, 5) is 24.0. The fourth-order valence-corrected chi connectivity index (χ4v) is 2.23. The molecule has 0 aromatic carbocycles. The molecule has 0 aromatic heterocycles. The van der Waals surface area contributed by atoms with Gasteiger partial charge in [0.15, 0.2) is 5.78 Å². The van der Waals surface area contributed by atoms with Crippen LogP contribution < -0.4 is 5.32 Å². The number of hydrogen-bond donors (Lipinski definition) is 1. The molecule has 1 rings (SSSR count). The van der Waals surface area contributed by atoms with Crippen molar-refractivity contribution in [2.75, 3.05) is 14.2 Å². The maximum absolute atomic E-state index is 12.3. The van der Waals surface area contributed by atoms with Crippen molar-refractivity contribution in [2.24, 2.45) is 5.92 Å². The molecule has 1 aliphatic rings. The van der Waals surface area contributed by atoms with Gasteiger partial charge in [-0.3, -0.25) is 4.79 Å². The van der Waals surface area contributed by atoms with Crippen LogP contribution in [0.4, 0.5) is 0 Å². The van der Waals surface area contributed by atoms with Gasteiger partial charge in [-0.15, -0.1) is 0 Å². The summed E-state index contributed by atoms with van der Waals surface area (Å²) in [5.41, 5.74) is 0.773. The molecular weight excluding hydrogens is 218 g/mol. The number of ether oxygens (including phenoxy) is 1. The SMILES string of the molecule is CN/C(C)=C(/C(=O)OC)C(=O)C1CCCCC1. The fraction of sp³-hybridized carbons (Fsp3) is 0.692. The molecular formula is C13H21NO3. The molecule has 1 N–H and O–H groups in total. The zero-order valence-corrected chi connectivity index (χ0v) is 10.8. The van der Waals surface area contributed by atoms with Crippen molar-refractivity contribution in [1.29, 1.82) is 0 Å². The molecule has 0 aromatic rings. The molecule has 0 saturated heterocycles. The van der Waals surface area contributed by atoms with Crippen LogP contribution in [0.25, 0.3) is 0 Å². The molecule has 4 heteroatoms. The Morgan fingerprint density at radius 2 is 1.76 bits per heavy atom. The number of rotatable bonds is 4. The summed E-state index contributed by atoms with van der Waals surface area (Å²) < 4.78 is 4.69. The topological polar surface area (TPSA) is 55.4 Å². The number of esters is 1. The Balaban J connectivity index is 2.90. The number of carbonyl (C=O) groups is 2. The number of carbonyl (C=O) groups excluding carboxylic acids is 2. The molecule has 0 heterocycles. The highest BCUT2D eigenvalue weighted by Gasteiger charge is 2.29. The van der Waals surface area contributed by atoms with E-state index in [2.05, 4.69) is 10.1 Å². The van der Waals surface area contributed by atoms with Gasteiger partial charge in [0, 0.05) is 18.7 Å². The number of methoxy groups -OCH3 is 1. The molecule has 17 heavy (non-hydrogen) atoms. The van der Waals surface area contributed by atoms with E-state index in [1.165, 1.54) is 13.5 Å². The van der Waals surface area contributed by atoms with Crippen molar-refractivity contribution in [3.05, 3.63) is 11.3 Å². The minimum absolute atomic E-state index is 0.0128. The van der Waals surface area contributed by atoms with Crippen molar-refractivity contribution in [3.63, 3.8) is 0 Å². The van der Waals surface area contributed by atoms with E-state index >= 15 is 0 Å². The molecule has 0 aliphatic heterocycles. The maximum Gasteiger partial charge on any atom is 0.343 e. The Bertz CT molecular complexity index is 328. The molecule has 0 unspecified atom stereocenters. The third kappa shape index (κ3) is 3.32. The van der Waals surface area contributed by atoms with Gasteiger partial charge >= 0.3 is 5.97 Å². The highest BCUT2D eigenvalue weighted by Crippen LogP contribution is 2.27. The van der Waals surface area contributed by atoms with Gasteiger partial charge in [0.05, 0.1) is 7.11 Å². The molecule has 0 amide bonds. The third-order valence-electron chi connectivity index (χ3n) is 3.36. The Morgan fingerprint density at radius 3 is 2.24 bits per heavy atom. The van der Waals surface area contributed by atoms with Crippen LogP contribution in [-0.4, -0.2) is 25.9 Å². The predicted molar refractivity (Wildman–Crippen MR) is 65.4 cm³/mol. The Morgan fingerprint density at radius 1 is 1.18 bits per heavy atom. The average molecular weight is 239 g/mol. The molecule has 4 nitrogen and oxygen atoms in total. The zero-order chi connectivity index (χ0) is 12.8. The first-order valence-electron chi connectivity index (χ1n) is 6.13. The molecule has 96 valence electrons. The van der Waals surface area contributed by atoms with Crippen molar-refractivity contribution in [1.82, 2.24) is 5.32 Å². The lowest BCUT2D eigenvalue weighted by molar-refractivity contribution is -0.138. The first-order valence-corrected chi connectivity index (χ1v) is 6.13. The smallest absolute Gasteiger partial charge is 0.343 e. The van der Waals surface area contributed by atoms with E-state index in [4.69, 9.17) is 0 Å². The lowest BCUT2D eigenvalue weighted by Crippen LogP contribution is -2.27. The summed E-state index contributed by atoms with van der Waals surface area (Å²) >= 11 is 0. The van der Waals surface area contributed by atoms with Crippen LogP contribution in [0.5, 0.6) is 0 Å². The van der Waals surface area contributed by atoms with Gasteiger partial charge in [0.2, 0.25) is 0 Å². The molecule has 0 radical (unpaired) electrons. The van der Waals surface area contributed by atoms with Gasteiger partial charge in [-0.05, 0) is 19.8 Å². The Hall–Kier alpha value is -1.32. The number of ketones is 1. The summed E-state index contributed by atoms with van der Waals surface area (Å²) in [6, 6.07) is 0. The van der Waals surface area contributed by atoms with E-state index < -0.39 is 5.97 Å². The van der Waals surface area contributed by atoms with Gasteiger partial charge in [-0.25, -0.2) is 4.79 Å². The third-order valence-corrected chi connectivity index (χ3v) is 3.36. The summed E-state index contributed by atoms with van der Waals surface area (Å²) in [6.07, 6.45) is 5.10. The second-order valence-corrected chi connectivity index (χ2v) is 4.44. The van der Waals surface area contributed by atoms with Crippen LogP contribution in [0.3, 0.4) is 0 Å². The maximum atomic E-state index is 12.3. The number of hydrogen-bond acceptors (Lipinski definition) is 4. The van der Waals surface area contributed by atoms with E-state index in [1.54, 1.807) is 14.0 Å². The van der Waals surface area contributed by atoms with Crippen LogP contribution >= 0.6 is 0 Å². The average Bonchev–Trinajstić information content (AvgIpc) is 2.39. The monoisotopic (exact) mass is 239 g/mol. The highest BCUT2D eigenvalue weighted by molar-refractivity contribution is 6.18. The van der Waals surface area contributed by atoms with E-state index in [0.29, 0.717) is 5.70 Å². The molecule has 1 saturated carbocycles. The van der Waals surface area contributed by atoms with Crippen molar-refractivity contribution < 1.29 is 14.3 Å². The lowest BCUT2D eigenvalue weighted by atomic mass is 9.83. The molecule has 1 fully saturated rings. The van der Waals surface area contributed by atoms with Crippen LogP contribution in [0.1, 0.15) is 39.0 Å². The molecule has 1 aliphatic carbocycles. The van der Waals surface area contributed by atoms with E-state index in [9.17, 15) is 9.59 Å². The van der Waals surface area contributed by atoms with Crippen molar-refractivity contribution >= 4 is 11.8 Å². The largest absolute Gasteiger partial charge is 0.465 e. The van der Waals surface area contributed by atoms with Crippen LogP contribution in [0, 0.1) is 5.92 Å². The Kier molecular flexibility index (Phi) is 5.19. The second kappa shape index (κ2) is 6.42. The second-order valence-electron chi connectivity index (χ2n) is 4.44. The summed E-state index contributed by atoms with van der Waals surface area (Å²) in [7, 11) is 3.01.